The Labute approximate surface area is 165 Å². The summed E-state index contributed by atoms with van der Waals surface area (Å²) < 4.78 is 5.17. The molecule has 4 N–H and O–H groups in total. The number of para-hydroxylation sites is 1. The van der Waals surface area contributed by atoms with Gasteiger partial charge in [-0.3, -0.25) is 14.5 Å². The van der Waals surface area contributed by atoms with Crippen molar-refractivity contribution in [1.82, 2.24) is 10.2 Å². The summed E-state index contributed by atoms with van der Waals surface area (Å²) in [4.78, 5) is 38.0. The molecule has 2 atom stereocenters. The van der Waals surface area contributed by atoms with Crippen LogP contribution >= 0.6 is 0 Å². The fourth-order valence-corrected chi connectivity index (χ4v) is 3.13. The van der Waals surface area contributed by atoms with Gasteiger partial charge in [0.2, 0.25) is 11.8 Å². The highest BCUT2D eigenvalue weighted by Gasteiger charge is 2.29. The van der Waals surface area contributed by atoms with Crippen molar-refractivity contribution in [2.45, 2.75) is 64.8 Å². The summed E-state index contributed by atoms with van der Waals surface area (Å²) in [5.41, 5.74) is 6.37. The molecule has 0 aliphatic carbocycles. The van der Waals surface area contributed by atoms with Crippen LogP contribution in [0.1, 0.15) is 46.1 Å². The number of rotatable bonds is 6. The number of nitrogens with two attached hydrogens (primary N) is 1. The molecule has 0 aromatic heterocycles. The first-order valence-corrected chi connectivity index (χ1v) is 9.48. The molecule has 1 aliphatic rings. The van der Waals surface area contributed by atoms with Crippen LogP contribution in [0.15, 0.2) is 24.3 Å². The first-order chi connectivity index (χ1) is 13.1. The maximum atomic E-state index is 12.5. The summed E-state index contributed by atoms with van der Waals surface area (Å²) in [6, 6.07) is 6.34. The fourth-order valence-electron chi connectivity index (χ4n) is 3.13. The van der Waals surface area contributed by atoms with E-state index in [1.165, 1.54) is 0 Å². The minimum atomic E-state index is -0.770. The van der Waals surface area contributed by atoms with Gasteiger partial charge in [0.25, 0.3) is 0 Å². The van der Waals surface area contributed by atoms with E-state index < -0.39 is 17.7 Å². The second-order valence-electron chi connectivity index (χ2n) is 8.05. The molecule has 8 nitrogen and oxygen atoms in total. The lowest BCUT2D eigenvalue weighted by Crippen LogP contribution is -2.44. The van der Waals surface area contributed by atoms with Crippen molar-refractivity contribution in [2.24, 2.45) is 5.73 Å². The van der Waals surface area contributed by atoms with Crippen molar-refractivity contribution in [3.05, 3.63) is 29.8 Å². The molecule has 0 radical (unpaired) electrons. The maximum absolute atomic E-state index is 12.5. The van der Waals surface area contributed by atoms with Gasteiger partial charge < -0.3 is 21.1 Å². The van der Waals surface area contributed by atoms with Crippen molar-refractivity contribution in [3.63, 3.8) is 0 Å². The van der Waals surface area contributed by atoms with Crippen molar-refractivity contribution < 1.29 is 19.1 Å². The summed E-state index contributed by atoms with van der Waals surface area (Å²) in [6.45, 7) is 8.15. The summed E-state index contributed by atoms with van der Waals surface area (Å²) in [5.74, 6) is -0.680. The predicted octanol–water partition coefficient (Wildman–Crippen LogP) is 1.99. The van der Waals surface area contributed by atoms with Gasteiger partial charge in [-0.15, -0.1) is 0 Å². The number of likely N-dealkylation sites (tertiary alicyclic amines) is 1. The number of carbonyl (C=O) groups excluding carboxylic acids is 3. The quantitative estimate of drug-likeness (QED) is 0.687. The Morgan fingerprint density at radius 3 is 2.61 bits per heavy atom. The Kier molecular flexibility index (Phi) is 7.01. The third-order valence-electron chi connectivity index (χ3n) is 4.47. The van der Waals surface area contributed by atoms with E-state index in [1.54, 1.807) is 33.8 Å². The van der Waals surface area contributed by atoms with E-state index >= 15 is 0 Å². The van der Waals surface area contributed by atoms with Crippen LogP contribution in [0.2, 0.25) is 0 Å². The molecular formula is C20H30N4O4. The number of hydrogen-bond acceptors (Lipinski definition) is 5. The number of amides is 3. The Balaban J connectivity index is 2.01. The van der Waals surface area contributed by atoms with Crippen LogP contribution < -0.4 is 16.4 Å². The molecule has 3 amide bonds. The van der Waals surface area contributed by atoms with Crippen LogP contribution in [0.4, 0.5) is 10.5 Å². The van der Waals surface area contributed by atoms with Crippen LogP contribution in [-0.4, -0.2) is 47.0 Å². The first kappa shape index (κ1) is 21.7. The molecule has 2 unspecified atom stereocenters. The standard InChI is InChI=1S/C20H30N4O4/c1-13(22-19(27)28-20(2,3)4)18(26)23-15-9-6-5-8-14(15)12-24-11-7-10-16(24)17(21)25/h5-6,8-9,13,16H,7,10-12H2,1-4H3,(H2,21,25)(H,22,27)(H,23,26). The molecule has 0 spiro atoms. The molecular weight excluding hydrogens is 360 g/mol. The normalized spacial score (nSPS) is 18.4. The summed E-state index contributed by atoms with van der Waals surface area (Å²) in [7, 11) is 0. The fraction of sp³-hybridized carbons (Fsp3) is 0.550. The molecule has 2 rings (SSSR count). The van der Waals surface area contributed by atoms with Crippen LogP contribution in [0.25, 0.3) is 0 Å². The number of carbonyl (C=O) groups is 3. The van der Waals surface area contributed by atoms with Crippen molar-refractivity contribution in [1.29, 1.82) is 0 Å². The molecule has 0 bridgehead atoms. The molecule has 28 heavy (non-hydrogen) atoms. The molecule has 8 heteroatoms. The van der Waals surface area contributed by atoms with Crippen molar-refractivity contribution >= 4 is 23.6 Å². The van der Waals surface area contributed by atoms with Crippen LogP contribution in [0.5, 0.6) is 0 Å². The zero-order valence-corrected chi connectivity index (χ0v) is 17.0. The average molecular weight is 390 g/mol. The summed E-state index contributed by atoms with van der Waals surface area (Å²) >= 11 is 0. The second kappa shape index (κ2) is 9.05. The van der Waals surface area contributed by atoms with E-state index in [4.69, 9.17) is 10.5 Å². The van der Waals surface area contributed by atoms with E-state index in [9.17, 15) is 14.4 Å². The van der Waals surface area contributed by atoms with Gasteiger partial charge in [0.15, 0.2) is 0 Å². The maximum Gasteiger partial charge on any atom is 0.408 e. The average Bonchev–Trinajstić information content (AvgIpc) is 3.03. The molecule has 1 saturated heterocycles. The monoisotopic (exact) mass is 390 g/mol. The predicted molar refractivity (Wildman–Crippen MR) is 107 cm³/mol. The van der Waals surface area contributed by atoms with Crippen LogP contribution in [0, 0.1) is 0 Å². The second-order valence-corrected chi connectivity index (χ2v) is 8.05. The lowest BCUT2D eigenvalue weighted by Gasteiger charge is -2.24. The molecule has 1 aromatic carbocycles. The molecule has 1 fully saturated rings. The lowest BCUT2D eigenvalue weighted by atomic mass is 10.1. The summed E-state index contributed by atoms with van der Waals surface area (Å²) in [5, 5.41) is 5.37. The van der Waals surface area contributed by atoms with E-state index in [0.29, 0.717) is 12.2 Å². The number of ether oxygens (including phenoxy) is 1. The Morgan fingerprint density at radius 1 is 1.29 bits per heavy atom. The zero-order valence-electron chi connectivity index (χ0n) is 17.0. The van der Waals surface area contributed by atoms with Crippen LogP contribution in [0.3, 0.4) is 0 Å². The SMILES string of the molecule is CC(NC(=O)OC(C)(C)C)C(=O)Nc1ccccc1CN1CCCC1C(N)=O. The Morgan fingerprint density at radius 2 is 1.96 bits per heavy atom. The van der Waals surface area contributed by atoms with Gasteiger partial charge in [0.05, 0.1) is 6.04 Å². The molecule has 1 aliphatic heterocycles. The van der Waals surface area contributed by atoms with Gasteiger partial charge in [-0.1, -0.05) is 18.2 Å². The third kappa shape index (κ3) is 6.23. The van der Waals surface area contributed by atoms with Gasteiger partial charge in [-0.2, -0.15) is 0 Å². The van der Waals surface area contributed by atoms with Gasteiger partial charge in [0.1, 0.15) is 11.6 Å². The number of primary amides is 1. The smallest absolute Gasteiger partial charge is 0.408 e. The highest BCUT2D eigenvalue weighted by atomic mass is 16.6. The first-order valence-electron chi connectivity index (χ1n) is 9.48. The minimum absolute atomic E-state index is 0.281. The van der Waals surface area contributed by atoms with Gasteiger partial charge in [-0.25, -0.2) is 4.79 Å². The highest BCUT2D eigenvalue weighted by Crippen LogP contribution is 2.24. The largest absolute Gasteiger partial charge is 0.444 e. The number of anilines is 1. The molecule has 0 saturated carbocycles. The van der Waals surface area contributed by atoms with Gasteiger partial charge >= 0.3 is 6.09 Å². The van der Waals surface area contributed by atoms with E-state index in [0.717, 1.165) is 24.9 Å². The highest BCUT2D eigenvalue weighted by molar-refractivity contribution is 5.96. The molecule has 1 aromatic rings. The van der Waals surface area contributed by atoms with Gasteiger partial charge in [0, 0.05) is 12.2 Å². The van der Waals surface area contributed by atoms with Crippen LogP contribution in [-0.2, 0) is 20.9 Å². The number of alkyl carbamates (subject to hydrolysis) is 1. The van der Waals surface area contributed by atoms with E-state index in [-0.39, 0.29) is 17.9 Å². The van der Waals surface area contributed by atoms with E-state index in [2.05, 4.69) is 10.6 Å². The number of hydrogen-bond donors (Lipinski definition) is 3. The van der Waals surface area contributed by atoms with Crippen molar-refractivity contribution in [3.8, 4) is 0 Å². The van der Waals surface area contributed by atoms with E-state index in [1.807, 2.05) is 23.1 Å². The number of nitrogens with one attached hydrogen (secondary N) is 2. The van der Waals surface area contributed by atoms with Crippen molar-refractivity contribution in [2.75, 3.05) is 11.9 Å². The zero-order chi connectivity index (χ0) is 20.9. The topological polar surface area (TPSA) is 114 Å². The Bertz CT molecular complexity index is 729. The lowest BCUT2D eigenvalue weighted by molar-refractivity contribution is -0.122. The molecule has 1 heterocycles. The molecule has 154 valence electrons. The third-order valence-corrected chi connectivity index (χ3v) is 4.47. The number of benzene rings is 1. The summed E-state index contributed by atoms with van der Waals surface area (Å²) in [6.07, 6.45) is 1.02. The number of nitrogens with zero attached hydrogens (tertiary/aromatic N) is 1. The Hall–Kier alpha value is -2.61. The van der Waals surface area contributed by atoms with Gasteiger partial charge in [-0.05, 0) is 58.7 Å². The minimum Gasteiger partial charge on any atom is -0.444 e.